The second-order valence-electron chi connectivity index (χ2n) is 4.83. The van der Waals surface area contributed by atoms with E-state index in [2.05, 4.69) is 4.72 Å². The third-order valence-corrected chi connectivity index (χ3v) is 4.47. The molecule has 0 unspecified atom stereocenters. The first kappa shape index (κ1) is 14.3. The average molecular weight is 287 g/mol. The number of anilines is 1. The SMILES string of the molecule is Cc1cc(F)ccc1NS(=O)(=O)C[C@@H]1CCCCO1. The van der Waals surface area contributed by atoms with Gasteiger partial charge in [-0.25, -0.2) is 12.8 Å². The zero-order valence-electron chi connectivity index (χ0n) is 10.9. The molecule has 2 rings (SSSR count). The van der Waals surface area contributed by atoms with Gasteiger partial charge in [-0.3, -0.25) is 4.72 Å². The van der Waals surface area contributed by atoms with Crippen molar-refractivity contribution in [2.45, 2.75) is 32.3 Å². The van der Waals surface area contributed by atoms with Crippen molar-refractivity contribution >= 4 is 15.7 Å². The first-order chi connectivity index (χ1) is 8.96. The van der Waals surface area contributed by atoms with Crippen LogP contribution in [0.15, 0.2) is 18.2 Å². The van der Waals surface area contributed by atoms with Crippen molar-refractivity contribution in [3.63, 3.8) is 0 Å². The minimum absolute atomic E-state index is 0.0518. The van der Waals surface area contributed by atoms with E-state index in [-0.39, 0.29) is 17.7 Å². The molecule has 1 aromatic carbocycles. The van der Waals surface area contributed by atoms with Gasteiger partial charge in [0.2, 0.25) is 10.0 Å². The van der Waals surface area contributed by atoms with E-state index in [1.54, 1.807) is 6.92 Å². The van der Waals surface area contributed by atoms with E-state index in [4.69, 9.17) is 4.74 Å². The molecule has 1 heterocycles. The number of hydrogen-bond donors (Lipinski definition) is 1. The lowest BCUT2D eigenvalue weighted by Gasteiger charge is -2.22. The van der Waals surface area contributed by atoms with Gasteiger partial charge in [0.25, 0.3) is 0 Å². The van der Waals surface area contributed by atoms with Crippen molar-refractivity contribution in [1.82, 2.24) is 0 Å². The van der Waals surface area contributed by atoms with Crippen LogP contribution in [0.2, 0.25) is 0 Å². The van der Waals surface area contributed by atoms with Gasteiger partial charge in [-0.2, -0.15) is 0 Å². The minimum atomic E-state index is -3.47. The predicted octanol–water partition coefficient (Wildman–Crippen LogP) is 2.44. The molecule has 0 saturated carbocycles. The number of hydrogen-bond acceptors (Lipinski definition) is 3. The summed E-state index contributed by atoms with van der Waals surface area (Å²) in [6.45, 7) is 2.29. The maximum atomic E-state index is 13.0. The van der Waals surface area contributed by atoms with Gasteiger partial charge in [-0.05, 0) is 49.9 Å². The third kappa shape index (κ3) is 4.18. The number of aryl methyl sites for hydroxylation is 1. The van der Waals surface area contributed by atoms with Crippen LogP contribution in [0.25, 0.3) is 0 Å². The van der Waals surface area contributed by atoms with E-state index >= 15 is 0 Å². The molecule has 1 N–H and O–H groups in total. The monoisotopic (exact) mass is 287 g/mol. The summed E-state index contributed by atoms with van der Waals surface area (Å²) < 4.78 is 44.9. The van der Waals surface area contributed by atoms with Gasteiger partial charge >= 0.3 is 0 Å². The Hall–Kier alpha value is -1.14. The fourth-order valence-electron chi connectivity index (χ4n) is 2.13. The van der Waals surface area contributed by atoms with Crippen molar-refractivity contribution in [2.75, 3.05) is 17.1 Å². The highest BCUT2D eigenvalue weighted by Crippen LogP contribution is 2.19. The molecular weight excluding hydrogens is 269 g/mol. The highest BCUT2D eigenvalue weighted by molar-refractivity contribution is 7.92. The lowest BCUT2D eigenvalue weighted by Crippen LogP contribution is -2.31. The first-order valence-corrected chi connectivity index (χ1v) is 8.00. The summed E-state index contributed by atoms with van der Waals surface area (Å²) in [5, 5.41) is 0. The topological polar surface area (TPSA) is 55.4 Å². The molecule has 1 fully saturated rings. The molecule has 0 amide bonds. The maximum absolute atomic E-state index is 13.0. The molecule has 0 radical (unpaired) electrons. The summed E-state index contributed by atoms with van der Waals surface area (Å²) in [5.74, 6) is -0.430. The van der Waals surface area contributed by atoms with Crippen LogP contribution in [0, 0.1) is 12.7 Å². The minimum Gasteiger partial charge on any atom is -0.377 e. The van der Waals surface area contributed by atoms with Crippen LogP contribution in [0.1, 0.15) is 24.8 Å². The molecule has 0 spiro atoms. The molecule has 0 bridgehead atoms. The number of sulfonamides is 1. The maximum Gasteiger partial charge on any atom is 0.235 e. The van der Waals surface area contributed by atoms with Gasteiger partial charge in [0.1, 0.15) is 5.82 Å². The number of nitrogens with one attached hydrogen (secondary N) is 1. The summed E-state index contributed by atoms with van der Waals surface area (Å²) in [7, 11) is -3.47. The number of ether oxygens (including phenoxy) is 1. The molecule has 0 aliphatic carbocycles. The number of rotatable bonds is 4. The lowest BCUT2D eigenvalue weighted by atomic mass is 10.1. The Morgan fingerprint density at radius 3 is 2.84 bits per heavy atom. The second-order valence-corrected chi connectivity index (χ2v) is 6.60. The van der Waals surface area contributed by atoms with Crippen LogP contribution in [0.3, 0.4) is 0 Å². The summed E-state index contributed by atoms with van der Waals surface area (Å²) in [5.41, 5.74) is 0.977. The second kappa shape index (κ2) is 5.88. The molecule has 1 aliphatic rings. The Morgan fingerprint density at radius 1 is 1.42 bits per heavy atom. The molecule has 1 atom stereocenters. The first-order valence-electron chi connectivity index (χ1n) is 6.34. The smallest absolute Gasteiger partial charge is 0.235 e. The Balaban J connectivity index is 2.03. The fraction of sp³-hybridized carbons (Fsp3) is 0.538. The van der Waals surface area contributed by atoms with Gasteiger partial charge in [0.15, 0.2) is 0 Å². The van der Waals surface area contributed by atoms with Crippen LogP contribution < -0.4 is 4.72 Å². The van der Waals surface area contributed by atoms with E-state index in [0.717, 1.165) is 19.3 Å². The van der Waals surface area contributed by atoms with Gasteiger partial charge in [0, 0.05) is 6.61 Å². The molecule has 6 heteroatoms. The quantitative estimate of drug-likeness (QED) is 0.925. The standard InChI is InChI=1S/C13H18FNO3S/c1-10-8-11(14)5-6-13(10)15-19(16,17)9-12-4-2-3-7-18-12/h5-6,8,12,15H,2-4,7,9H2,1H3/t12-/m0/s1. The van der Waals surface area contributed by atoms with Crippen molar-refractivity contribution in [3.8, 4) is 0 Å². The Bertz CT molecular complexity index is 539. The normalized spacial score (nSPS) is 20.2. The number of benzene rings is 1. The van der Waals surface area contributed by atoms with E-state index in [0.29, 0.717) is 17.9 Å². The molecule has 19 heavy (non-hydrogen) atoms. The predicted molar refractivity (Wildman–Crippen MR) is 72.1 cm³/mol. The Morgan fingerprint density at radius 2 is 2.21 bits per heavy atom. The molecule has 4 nitrogen and oxygen atoms in total. The summed E-state index contributed by atoms with van der Waals surface area (Å²) in [4.78, 5) is 0. The van der Waals surface area contributed by atoms with Gasteiger partial charge in [0.05, 0.1) is 17.5 Å². The highest BCUT2D eigenvalue weighted by Gasteiger charge is 2.22. The van der Waals surface area contributed by atoms with Crippen LogP contribution in [0.5, 0.6) is 0 Å². The lowest BCUT2D eigenvalue weighted by molar-refractivity contribution is 0.0306. The fourth-order valence-corrected chi connectivity index (χ4v) is 3.53. The van der Waals surface area contributed by atoms with Crippen molar-refractivity contribution in [2.24, 2.45) is 0 Å². The summed E-state index contributed by atoms with van der Waals surface area (Å²) in [6, 6.07) is 3.97. The van der Waals surface area contributed by atoms with Gasteiger partial charge < -0.3 is 4.74 Å². The van der Waals surface area contributed by atoms with Crippen LogP contribution in [-0.2, 0) is 14.8 Å². The molecule has 1 aliphatic heterocycles. The summed E-state index contributed by atoms with van der Waals surface area (Å²) >= 11 is 0. The van der Waals surface area contributed by atoms with Crippen molar-refractivity contribution < 1.29 is 17.5 Å². The van der Waals surface area contributed by atoms with Crippen LogP contribution in [0.4, 0.5) is 10.1 Å². The van der Waals surface area contributed by atoms with E-state index in [9.17, 15) is 12.8 Å². The molecule has 106 valence electrons. The van der Waals surface area contributed by atoms with Crippen LogP contribution in [-0.4, -0.2) is 26.9 Å². The van der Waals surface area contributed by atoms with E-state index < -0.39 is 10.0 Å². The molecular formula is C13H18FNO3S. The molecule has 0 aromatic heterocycles. The molecule has 1 saturated heterocycles. The highest BCUT2D eigenvalue weighted by atomic mass is 32.2. The Labute approximate surface area is 113 Å². The largest absolute Gasteiger partial charge is 0.377 e. The van der Waals surface area contributed by atoms with E-state index in [1.807, 2.05) is 0 Å². The van der Waals surface area contributed by atoms with E-state index in [1.165, 1.54) is 18.2 Å². The Kier molecular flexibility index (Phi) is 4.42. The summed E-state index contributed by atoms with van der Waals surface area (Å²) in [6.07, 6.45) is 2.51. The van der Waals surface area contributed by atoms with Gasteiger partial charge in [-0.1, -0.05) is 0 Å². The molecule has 1 aromatic rings. The zero-order chi connectivity index (χ0) is 13.9. The van der Waals surface area contributed by atoms with Crippen LogP contribution >= 0.6 is 0 Å². The number of halogens is 1. The van der Waals surface area contributed by atoms with Crippen molar-refractivity contribution in [1.29, 1.82) is 0 Å². The van der Waals surface area contributed by atoms with Gasteiger partial charge in [-0.15, -0.1) is 0 Å². The average Bonchev–Trinajstić information content (AvgIpc) is 2.33. The van der Waals surface area contributed by atoms with Crippen molar-refractivity contribution in [3.05, 3.63) is 29.6 Å². The third-order valence-electron chi connectivity index (χ3n) is 3.13. The zero-order valence-corrected chi connectivity index (χ0v) is 11.7.